The van der Waals surface area contributed by atoms with Gasteiger partial charge in [0.2, 0.25) is 0 Å². The summed E-state index contributed by atoms with van der Waals surface area (Å²) in [5.41, 5.74) is 1.79. The van der Waals surface area contributed by atoms with E-state index in [0.29, 0.717) is 0 Å². The molecule has 0 atom stereocenters. The van der Waals surface area contributed by atoms with Crippen LogP contribution in [0.15, 0.2) is 41.4 Å². The first-order valence-corrected chi connectivity index (χ1v) is 8.72. The van der Waals surface area contributed by atoms with E-state index >= 15 is 0 Å². The van der Waals surface area contributed by atoms with E-state index in [-0.39, 0.29) is 11.3 Å². The summed E-state index contributed by atoms with van der Waals surface area (Å²) >= 11 is 4.43. The molecule has 0 aliphatic rings. The van der Waals surface area contributed by atoms with E-state index in [1.54, 1.807) is 0 Å². The summed E-state index contributed by atoms with van der Waals surface area (Å²) in [6, 6.07) is 9.96. The zero-order valence-corrected chi connectivity index (χ0v) is 14.9. The van der Waals surface area contributed by atoms with Gasteiger partial charge in [-0.05, 0) is 42.8 Å². The number of aliphatic imine (C=N–C) groups is 1. The maximum absolute atomic E-state index is 13.9. The number of hydrogen-bond donors (Lipinski definition) is 0. The standard InChI is InChI=1S/C21H19F2NS/c1-2-3-4-5-6-16-7-9-17(10-8-16)11-12-19-20(22)13-18(24-15-25)14-21(19)23/h7-10,13-14H,2-6H2,1H3. The molecule has 25 heavy (non-hydrogen) atoms. The molecular weight excluding hydrogens is 336 g/mol. The Morgan fingerprint density at radius 3 is 2.24 bits per heavy atom. The highest BCUT2D eigenvalue weighted by molar-refractivity contribution is 7.78. The average molecular weight is 355 g/mol. The van der Waals surface area contributed by atoms with Crippen LogP contribution in [0.3, 0.4) is 0 Å². The highest BCUT2D eigenvalue weighted by Gasteiger charge is 2.08. The Labute approximate surface area is 152 Å². The van der Waals surface area contributed by atoms with Crippen LogP contribution in [0.25, 0.3) is 0 Å². The van der Waals surface area contributed by atoms with Crippen molar-refractivity contribution in [1.29, 1.82) is 0 Å². The van der Waals surface area contributed by atoms with Crippen molar-refractivity contribution in [1.82, 2.24) is 0 Å². The molecule has 1 nitrogen and oxygen atoms in total. The Bertz CT molecular complexity index is 802. The molecular formula is C21H19F2NS. The molecule has 0 unspecified atom stereocenters. The lowest BCUT2D eigenvalue weighted by atomic mass is 10.0. The predicted octanol–water partition coefficient (Wildman–Crippen LogP) is 6.22. The Kier molecular flexibility index (Phi) is 7.47. The smallest absolute Gasteiger partial charge is 0.143 e. The van der Waals surface area contributed by atoms with Crippen LogP contribution in [0.5, 0.6) is 0 Å². The van der Waals surface area contributed by atoms with Crippen molar-refractivity contribution in [3.63, 3.8) is 0 Å². The van der Waals surface area contributed by atoms with Gasteiger partial charge in [0, 0.05) is 17.7 Å². The Morgan fingerprint density at radius 1 is 0.960 bits per heavy atom. The fraction of sp³-hybridized carbons (Fsp3) is 0.286. The fourth-order valence-corrected chi connectivity index (χ4v) is 2.55. The summed E-state index contributed by atoms with van der Waals surface area (Å²) in [4.78, 5) is 3.57. The number of benzene rings is 2. The van der Waals surface area contributed by atoms with Crippen LogP contribution in [0.4, 0.5) is 14.5 Å². The topological polar surface area (TPSA) is 12.4 Å². The zero-order valence-electron chi connectivity index (χ0n) is 14.1. The molecule has 0 radical (unpaired) electrons. The van der Waals surface area contributed by atoms with Crippen LogP contribution < -0.4 is 0 Å². The van der Waals surface area contributed by atoms with Gasteiger partial charge in [0.1, 0.15) is 11.6 Å². The summed E-state index contributed by atoms with van der Waals surface area (Å²) in [7, 11) is 0. The van der Waals surface area contributed by atoms with Crippen molar-refractivity contribution in [3.8, 4) is 11.8 Å². The molecule has 0 saturated heterocycles. The SMILES string of the molecule is CCCCCCc1ccc(C#Cc2c(F)cc(N=C=S)cc2F)cc1. The van der Waals surface area contributed by atoms with Gasteiger partial charge in [-0.2, -0.15) is 4.99 Å². The van der Waals surface area contributed by atoms with Crippen molar-refractivity contribution in [2.45, 2.75) is 39.0 Å². The van der Waals surface area contributed by atoms with Crippen LogP contribution in [-0.2, 0) is 6.42 Å². The first-order valence-electron chi connectivity index (χ1n) is 8.32. The summed E-state index contributed by atoms with van der Waals surface area (Å²) in [6.07, 6.45) is 5.93. The normalized spacial score (nSPS) is 9.88. The van der Waals surface area contributed by atoms with Crippen LogP contribution >= 0.6 is 12.2 Å². The van der Waals surface area contributed by atoms with Gasteiger partial charge in [0.25, 0.3) is 0 Å². The summed E-state index contributed by atoms with van der Waals surface area (Å²) in [5.74, 6) is 3.84. The molecule has 0 aliphatic heterocycles. The van der Waals surface area contributed by atoms with Crippen LogP contribution in [-0.4, -0.2) is 5.16 Å². The molecule has 0 bridgehead atoms. The second kappa shape index (κ2) is 9.84. The number of isothiocyanates is 1. The molecule has 2 rings (SSSR count). The Hall–Kier alpha value is -2.34. The molecule has 0 aromatic heterocycles. The maximum Gasteiger partial charge on any atom is 0.143 e. The van der Waals surface area contributed by atoms with Gasteiger partial charge in [-0.25, -0.2) is 8.78 Å². The highest BCUT2D eigenvalue weighted by Crippen LogP contribution is 2.20. The number of rotatable bonds is 6. The predicted molar refractivity (Wildman–Crippen MR) is 101 cm³/mol. The average Bonchev–Trinajstić information content (AvgIpc) is 2.59. The molecule has 0 amide bonds. The molecule has 2 aromatic carbocycles. The maximum atomic E-state index is 13.9. The van der Waals surface area contributed by atoms with Crippen LogP contribution in [0.1, 0.15) is 49.3 Å². The molecule has 0 saturated carbocycles. The van der Waals surface area contributed by atoms with E-state index in [1.807, 2.05) is 24.3 Å². The van der Waals surface area contributed by atoms with Crippen LogP contribution in [0, 0.1) is 23.5 Å². The quantitative estimate of drug-likeness (QED) is 0.259. The third-order valence-corrected chi connectivity index (χ3v) is 3.90. The molecule has 128 valence electrons. The Balaban J connectivity index is 2.09. The largest absolute Gasteiger partial charge is 0.205 e. The van der Waals surface area contributed by atoms with E-state index in [4.69, 9.17) is 0 Å². The van der Waals surface area contributed by atoms with Gasteiger partial charge >= 0.3 is 0 Å². The lowest BCUT2D eigenvalue weighted by Crippen LogP contribution is -1.90. The number of unbranched alkanes of at least 4 members (excludes halogenated alkanes) is 3. The van der Waals surface area contributed by atoms with Crippen molar-refractivity contribution >= 4 is 23.1 Å². The van der Waals surface area contributed by atoms with Gasteiger partial charge in [-0.15, -0.1) is 0 Å². The third kappa shape index (κ3) is 5.90. The van der Waals surface area contributed by atoms with Crippen molar-refractivity contribution < 1.29 is 8.78 Å². The van der Waals surface area contributed by atoms with Crippen molar-refractivity contribution in [2.24, 2.45) is 4.99 Å². The first-order chi connectivity index (χ1) is 12.1. The van der Waals surface area contributed by atoms with Crippen LogP contribution in [0.2, 0.25) is 0 Å². The monoisotopic (exact) mass is 355 g/mol. The van der Waals surface area contributed by atoms with Crippen molar-refractivity contribution in [2.75, 3.05) is 0 Å². The number of hydrogen-bond acceptors (Lipinski definition) is 2. The number of halogens is 2. The molecule has 0 aliphatic carbocycles. The van der Waals surface area contributed by atoms with Gasteiger partial charge in [-0.1, -0.05) is 50.2 Å². The first kappa shape index (κ1) is 19.0. The summed E-state index contributed by atoms with van der Waals surface area (Å²) in [5, 5.41) is 2.08. The lowest BCUT2D eigenvalue weighted by Gasteiger charge is -2.01. The second-order valence-electron chi connectivity index (χ2n) is 5.75. The summed E-state index contributed by atoms with van der Waals surface area (Å²) in [6.45, 7) is 2.19. The van der Waals surface area contributed by atoms with E-state index in [2.05, 4.69) is 41.1 Å². The van der Waals surface area contributed by atoms with Crippen molar-refractivity contribution in [3.05, 3.63) is 64.7 Å². The lowest BCUT2D eigenvalue weighted by molar-refractivity contribution is 0.578. The Morgan fingerprint density at radius 2 is 1.64 bits per heavy atom. The summed E-state index contributed by atoms with van der Waals surface area (Å²) < 4.78 is 27.9. The molecule has 0 heterocycles. The van der Waals surface area contributed by atoms with Gasteiger partial charge < -0.3 is 0 Å². The fourth-order valence-electron chi connectivity index (χ4n) is 2.44. The minimum atomic E-state index is -0.760. The highest BCUT2D eigenvalue weighted by atomic mass is 32.1. The van der Waals surface area contributed by atoms with E-state index in [1.165, 1.54) is 31.2 Å². The van der Waals surface area contributed by atoms with Gasteiger partial charge in [-0.3, -0.25) is 0 Å². The van der Waals surface area contributed by atoms with Gasteiger partial charge in [0.15, 0.2) is 0 Å². The molecule has 0 fully saturated rings. The zero-order chi connectivity index (χ0) is 18.1. The minimum Gasteiger partial charge on any atom is -0.205 e. The number of aryl methyl sites for hydroxylation is 1. The second-order valence-corrected chi connectivity index (χ2v) is 5.93. The van der Waals surface area contributed by atoms with E-state index in [9.17, 15) is 8.78 Å². The van der Waals surface area contributed by atoms with Gasteiger partial charge in [0.05, 0.1) is 16.4 Å². The number of nitrogens with zero attached hydrogens (tertiary/aromatic N) is 1. The van der Waals surface area contributed by atoms with E-state index < -0.39 is 11.6 Å². The van der Waals surface area contributed by atoms with E-state index in [0.717, 1.165) is 24.1 Å². The molecule has 4 heteroatoms. The molecule has 0 N–H and O–H groups in total. The number of thiocarbonyl (C=S) groups is 1. The molecule has 0 spiro atoms. The minimum absolute atomic E-state index is 0.0861. The third-order valence-electron chi connectivity index (χ3n) is 3.81. The molecule has 2 aromatic rings.